The summed E-state index contributed by atoms with van der Waals surface area (Å²) < 4.78 is 74.6. The Morgan fingerprint density at radius 2 is 1.65 bits per heavy atom. The zero-order valence-electron chi connectivity index (χ0n) is 11.2. The van der Waals surface area contributed by atoms with Crippen LogP contribution in [0.25, 0.3) is 0 Å². The Morgan fingerprint density at radius 3 is 2.13 bits per heavy atom. The van der Waals surface area contributed by atoms with E-state index < -0.39 is 30.0 Å². The molecular weight excluding hydrogens is 326 g/mol. The third-order valence-electron chi connectivity index (χ3n) is 2.44. The first-order valence-corrected chi connectivity index (χ1v) is 5.85. The molecule has 0 aliphatic heterocycles. The van der Waals surface area contributed by atoms with Crippen molar-refractivity contribution in [1.82, 2.24) is 0 Å². The van der Waals surface area contributed by atoms with E-state index in [1.165, 1.54) is 12.1 Å². The van der Waals surface area contributed by atoms with Crippen molar-refractivity contribution >= 4 is 11.4 Å². The molecule has 4 nitrogen and oxygen atoms in total. The molecule has 0 aliphatic carbocycles. The molecule has 0 atom stereocenters. The minimum atomic E-state index is -4.70. The smallest absolute Gasteiger partial charge is 0.375 e. The fourth-order valence-corrected chi connectivity index (χ4v) is 1.43. The number of benzene rings is 1. The molecule has 10 heteroatoms. The molecule has 0 aromatic heterocycles. The zero-order chi connectivity index (χ0) is 17.7. The molecule has 0 aliphatic rings. The molecule has 2 N–H and O–H groups in total. The summed E-state index contributed by atoms with van der Waals surface area (Å²) in [6.45, 7) is -1.46. The predicted molar refractivity (Wildman–Crippen MR) is 68.9 cm³/mol. The fraction of sp³-hybridized carbons (Fsp3) is 0.231. The number of alkyl halides is 6. The summed E-state index contributed by atoms with van der Waals surface area (Å²) >= 11 is 0. The zero-order valence-corrected chi connectivity index (χ0v) is 11.2. The lowest BCUT2D eigenvalue weighted by Gasteiger charge is -2.16. The van der Waals surface area contributed by atoms with E-state index in [2.05, 4.69) is 5.32 Å². The van der Waals surface area contributed by atoms with E-state index in [9.17, 15) is 26.3 Å². The van der Waals surface area contributed by atoms with Crippen LogP contribution < -0.4 is 10.6 Å². The first-order valence-electron chi connectivity index (χ1n) is 5.85. The highest BCUT2D eigenvalue weighted by molar-refractivity contribution is 5.71. The van der Waals surface area contributed by atoms with Crippen molar-refractivity contribution in [2.45, 2.75) is 12.4 Å². The molecule has 0 heterocycles. The number of nitrogens with zero attached hydrogens (tertiary/aromatic N) is 2. The minimum absolute atomic E-state index is 0.262. The van der Waals surface area contributed by atoms with E-state index in [0.717, 1.165) is 12.3 Å². The maximum Gasteiger partial charge on any atom is 0.416 e. The predicted octanol–water partition coefficient (Wildman–Crippen LogP) is 4.02. The summed E-state index contributed by atoms with van der Waals surface area (Å²) in [6.07, 6.45) is -8.47. The number of hydrogen-bond donors (Lipinski definition) is 2. The van der Waals surface area contributed by atoms with Gasteiger partial charge in [-0.15, -0.1) is 0 Å². The Labute approximate surface area is 126 Å². The number of nitriles is 2. The van der Waals surface area contributed by atoms with Gasteiger partial charge >= 0.3 is 12.4 Å². The van der Waals surface area contributed by atoms with Crippen molar-refractivity contribution in [3.8, 4) is 12.1 Å². The van der Waals surface area contributed by atoms with Gasteiger partial charge in [0.2, 0.25) is 0 Å². The maximum absolute atomic E-state index is 12.7. The Balaban J connectivity index is 3.17. The third kappa shape index (κ3) is 5.79. The average Bonchev–Trinajstić information content (AvgIpc) is 2.44. The van der Waals surface area contributed by atoms with Crippen molar-refractivity contribution < 1.29 is 26.3 Å². The third-order valence-corrected chi connectivity index (χ3v) is 2.44. The van der Waals surface area contributed by atoms with E-state index in [1.54, 1.807) is 0 Å². The van der Waals surface area contributed by atoms with Crippen LogP contribution in [-0.2, 0) is 6.18 Å². The first kappa shape index (κ1) is 18.2. The summed E-state index contributed by atoms with van der Waals surface area (Å²) in [5, 5.41) is 21.3. The van der Waals surface area contributed by atoms with Gasteiger partial charge in [0.25, 0.3) is 0 Å². The number of hydrogen-bond acceptors (Lipinski definition) is 4. The number of halogens is 6. The van der Waals surface area contributed by atoms with Crippen molar-refractivity contribution in [3.05, 3.63) is 35.5 Å². The molecule has 23 heavy (non-hydrogen) atoms. The van der Waals surface area contributed by atoms with Gasteiger partial charge in [0.15, 0.2) is 0 Å². The molecule has 122 valence electrons. The van der Waals surface area contributed by atoms with Gasteiger partial charge in [0.1, 0.15) is 24.3 Å². The van der Waals surface area contributed by atoms with Crippen LogP contribution in [0.2, 0.25) is 0 Å². The quantitative estimate of drug-likeness (QED) is 0.644. The highest BCUT2D eigenvalue weighted by Crippen LogP contribution is 2.34. The van der Waals surface area contributed by atoms with Gasteiger partial charge in [-0.1, -0.05) is 0 Å². The summed E-state index contributed by atoms with van der Waals surface area (Å²) in [7, 11) is 0. The Hall–Kier alpha value is -2.88. The topological polar surface area (TPSA) is 71.6 Å². The summed E-state index contributed by atoms with van der Waals surface area (Å²) in [6, 6.07) is 4.92. The van der Waals surface area contributed by atoms with E-state index in [-0.39, 0.29) is 11.4 Å². The van der Waals surface area contributed by atoms with Gasteiger partial charge < -0.3 is 10.6 Å². The number of rotatable bonds is 4. The molecule has 0 saturated heterocycles. The van der Waals surface area contributed by atoms with Crippen molar-refractivity contribution in [2.24, 2.45) is 0 Å². The molecule has 1 aromatic carbocycles. The van der Waals surface area contributed by atoms with Crippen LogP contribution in [0, 0.1) is 22.7 Å². The van der Waals surface area contributed by atoms with E-state index in [0.29, 0.717) is 12.1 Å². The van der Waals surface area contributed by atoms with Crippen LogP contribution in [0.4, 0.5) is 37.7 Å². The summed E-state index contributed by atoms with van der Waals surface area (Å²) in [4.78, 5) is 0. The normalized spacial score (nSPS) is 11.1. The second-order valence-electron chi connectivity index (χ2n) is 4.15. The van der Waals surface area contributed by atoms with Gasteiger partial charge in [0.05, 0.1) is 16.9 Å². The lowest BCUT2D eigenvalue weighted by Crippen LogP contribution is -2.21. The van der Waals surface area contributed by atoms with Gasteiger partial charge in [-0.05, 0) is 18.2 Å². The monoisotopic (exact) mass is 334 g/mol. The van der Waals surface area contributed by atoms with Crippen LogP contribution in [0.15, 0.2) is 30.0 Å². The van der Waals surface area contributed by atoms with E-state index in [1.807, 2.05) is 5.32 Å². The molecule has 0 amide bonds. The van der Waals surface area contributed by atoms with Crippen LogP contribution >= 0.6 is 0 Å². The first-order chi connectivity index (χ1) is 10.6. The second-order valence-corrected chi connectivity index (χ2v) is 4.15. The number of allylic oxidation sites excluding steroid dienone is 1. The van der Waals surface area contributed by atoms with E-state index >= 15 is 0 Å². The molecule has 1 rings (SSSR count). The average molecular weight is 334 g/mol. The largest absolute Gasteiger partial charge is 0.416 e. The lowest BCUT2D eigenvalue weighted by molar-refractivity contribution is -0.137. The Bertz CT molecular complexity index is 660. The second kappa shape index (κ2) is 6.92. The molecule has 0 radical (unpaired) electrons. The molecule has 0 bridgehead atoms. The van der Waals surface area contributed by atoms with Crippen molar-refractivity contribution in [3.63, 3.8) is 0 Å². The lowest BCUT2D eigenvalue weighted by atomic mass is 10.1. The van der Waals surface area contributed by atoms with Crippen LogP contribution in [0.3, 0.4) is 0 Å². The minimum Gasteiger partial charge on any atom is -0.375 e. The SMILES string of the molecule is N#CC(C#N)=CNc1cc(C(F)(F)F)ccc1NCC(F)(F)F. The van der Waals surface area contributed by atoms with Gasteiger partial charge in [0, 0.05) is 6.20 Å². The molecule has 0 fully saturated rings. The molecule has 0 unspecified atom stereocenters. The van der Waals surface area contributed by atoms with Crippen LogP contribution in [0.1, 0.15) is 5.56 Å². The number of anilines is 2. The Kier molecular flexibility index (Phi) is 5.47. The van der Waals surface area contributed by atoms with Crippen molar-refractivity contribution in [2.75, 3.05) is 17.2 Å². The van der Waals surface area contributed by atoms with Gasteiger partial charge in [-0.2, -0.15) is 36.9 Å². The molecule has 0 saturated carbocycles. The highest BCUT2D eigenvalue weighted by Gasteiger charge is 2.31. The molecule has 0 spiro atoms. The summed E-state index contributed by atoms with van der Waals surface area (Å²) in [5.74, 6) is 0. The maximum atomic E-state index is 12.7. The highest BCUT2D eigenvalue weighted by atomic mass is 19.4. The van der Waals surface area contributed by atoms with Crippen molar-refractivity contribution in [1.29, 1.82) is 10.5 Å². The van der Waals surface area contributed by atoms with Crippen LogP contribution in [0.5, 0.6) is 0 Å². The molecule has 1 aromatic rings. The number of nitrogens with one attached hydrogen (secondary N) is 2. The van der Waals surface area contributed by atoms with Crippen LogP contribution in [-0.4, -0.2) is 12.7 Å². The fourth-order valence-electron chi connectivity index (χ4n) is 1.43. The van der Waals surface area contributed by atoms with Gasteiger partial charge in [-0.25, -0.2) is 0 Å². The Morgan fingerprint density at radius 1 is 1.04 bits per heavy atom. The standard InChI is InChI=1S/C13H8F6N4/c14-12(15,16)7-23-10-2-1-9(13(17,18)19)3-11(10)22-6-8(4-20)5-21/h1-3,6,22-23H,7H2. The summed E-state index contributed by atoms with van der Waals surface area (Å²) in [5.41, 5.74) is -2.17. The van der Waals surface area contributed by atoms with E-state index in [4.69, 9.17) is 10.5 Å². The molecular formula is C13H8F6N4. The van der Waals surface area contributed by atoms with Gasteiger partial charge in [-0.3, -0.25) is 0 Å².